The summed E-state index contributed by atoms with van der Waals surface area (Å²) in [5.74, 6) is 0.755. The predicted molar refractivity (Wildman–Crippen MR) is 118 cm³/mol. The van der Waals surface area contributed by atoms with Crippen molar-refractivity contribution in [3.05, 3.63) is 89.6 Å². The fraction of sp³-hybridized carbons (Fsp3) is 0.208. The molecule has 6 heteroatoms. The van der Waals surface area contributed by atoms with Crippen LogP contribution in [0.4, 0.5) is 11.5 Å². The van der Waals surface area contributed by atoms with Crippen molar-refractivity contribution in [3.8, 4) is 0 Å². The highest BCUT2D eigenvalue weighted by Crippen LogP contribution is 2.18. The molecule has 0 atom stereocenters. The lowest BCUT2D eigenvalue weighted by molar-refractivity contribution is 0.0746. The molecule has 0 aliphatic carbocycles. The summed E-state index contributed by atoms with van der Waals surface area (Å²) in [4.78, 5) is 33.4. The number of piperazine rings is 1. The van der Waals surface area contributed by atoms with Gasteiger partial charge < -0.3 is 15.1 Å². The van der Waals surface area contributed by atoms with Gasteiger partial charge in [-0.2, -0.15) is 0 Å². The minimum Gasteiger partial charge on any atom is -0.353 e. The normalized spacial score (nSPS) is 13.8. The van der Waals surface area contributed by atoms with E-state index in [-0.39, 0.29) is 11.8 Å². The van der Waals surface area contributed by atoms with Gasteiger partial charge in [-0.15, -0.1) is 0 Å². The van der Waals surface area contributed by atoms with E-state index in [1.165, 1.54) is 0 Å². The van der Waals surface area contributed by atoms with Crippen molar-refractivity contribution in [1.82, 2.24) is 9.88 Å². The van der Waals surface area contributed by atoms with E-state index in [0.717, 1.165) is 30.0 Å². The van der Waals surface area contributed by atoms with Crippen LogP contribution in [-0.2, 0) is 0 Å². The van der Waals surface area contributed by atoms with E-state index in [9.17, 15) is 9.59 Å². The number of pyridine rings is 1. The van der Waals surface area contributed by atoms with Crippen LogP contribution in [0, 0.1) is 6.92 Å². The zero-order valence-electron chi connectivity index (χ0n) is 16.9. The van der Waals surface area contributed by atoms with Gasteiger partial charge in [0.2, 0.25) is 0 Å². The standard InChI is InChI=1S/C24H24N4O2/c1-18-7-9-19(10-8-18)23(29)26-21-11-12-22(25-17-21)27-13-15-28(16-14-27)24(30)20-5-3-2-4-6-20/h2-12,17H,13-16H2,1H3,(H,26,29). The lowest BCUT2D eigenvalue weighted by atomic mass is 10.1. The summed E-state index contributed by atoms with van der Waals surface area (Å²) in [6, 6.07) is 20.6. The molecule has 1 fully saturated rings. The Morgan fingerprint density at radius 3 is 2.17 bits per heavy atom. The highest BCUT2D eigenvalue weighted by molar-refractivity contribution is 6.04. The number of nitrogens with one attached hydrogen (secondary N) is 1. The smallest absolute Gasteiger partial charge is 0.255 e. The van der Waals surface area contributed by atoms with E-state index in [4.69, 9.17) is 0 Å². The molecule has 0 bridgehead atoms. The topological polar surface area (TPSA) is 65.5 Å². The average molecular weight is 400 g/mol. The monoisotopic (exact) mass is 400 g/mol. The maximum atomic E-state index is 12.6. The van der Waals surface area contributed by atoms with Crippen molar-refractivity contribution in [3.63, 3.8) is 0 Å². The minimum absolute atomic E-state index is 0.0670. The summed E-state index contributed by atoms with van der Waals surface area (Å²) in [6.07, 6.45) is 1.67. The Labute approximate surface area is 176 Å². The van der Waals surface area contributed by atoms with E-state index < -0.39 is 0 Å². The number of hydrogen-bond donors (Lipinski definition) is 1. The maximum Gasteiger partial charge on any atom is 0.255 e. The summed E-state index contributed by atoms with van der Waals surface area (Å²) >= 11 is 0. The molecule has 4 rings (SSSR count). The van der Waals surface area contributed by atoms with Gasteiger partial charge in [-0.25, -0.2) is 4.98 Å². The Kier molecular flexibility index (Phi) is 5.75. The van der Waals surface area contributed by atoms with Crippen LogP contribution >= 0.6 is 0 Å². The van der Waals surface area contributed by atoms with Crippen LogP contribution in [0.2, 0.25) is 0 Å². The Hall–Kier alpha value is -3.67. The molecule has 3 aromatic rings. The van der Waals surface area contributed by atoms with Gasteiger partial charge in [-0.1, -0.05) is 35.9 Å². The van der Waals surface area contributed by atoms with Crippen LogP contribution < -0.4 is 10.2 Å². The lowest BCUT2D eigenvalue weighted by Gasteiger charge is -2.35. The molecule has 1 aliphatic heterocycles. The Morgan fingerprint density at radius 1 is 0.833 bits per heavy atom. The Morgan fingerprint density at radius 2 is 1.53 bits per heavy atom. The molecule has 6 nitrogen and oxygen atoms in total. The van der Waals surface area contributed by atoms with E-state index in [2.05, 4.69) is 15.2 Å². The van der Waals surface area contributed by atoms with Crippen LogP contribution in [0.1, 0.15) is 26.3 Å². The average Bonchev–Trinajstić information content (AvgIpc) is 2.80. The molecule has 2 amide bonds. The van der Waals surface area contributed by atoms with Crippen molar-refractivity contribution in [2.75, 3.05) is 36.4 Å². The van der Waals surface area contributed by atoms with Crippen LogP contribution in [-0.4, -0.2) is 47.9 Å². The van der Waals surface area contributed by atoms with Gasteiger partial charge in [0, 0.05) is 37.3 Å². The largest absolute Gasteiger partial charge is 0.353 e. The third-order valence-corrected chi connectivity index (χ3v) is 5.23. The van der Waals surface area contributed by atoms with E-state index >= 15 is 0 Å². The molecule has 30 heavy (non-hydrogen) atoms. The minimum atomic E-state index is -0.155. The predicted octanol–water partition coefficient (Wildman–Crippen LogP) is 3.60. The van der Waals surface area contributed by atoms with Gasteiger partial charge in [0.15, 0.2) is 0 Å². The van der Waals surface area contributed by atoms with Crippen LogP contribution in [0.3, 0.4) is 0 Å². The summed E-state index contributed by atoms with van der Waals surface area (Å²) < 4.78 is 0. The fourth-order valence-corrected chi connectivity index (χ4v) is 3.46. The Bertz CT molecular complexity index is 1010. The lowest BCUT2D eigenvalue weighted by Crippen LogP contribution is -2.49. The van der Waals surface area contributed by atoms with Crippen LogP contribution in [0.15, 0.2) is 72.9 Å². The molecule has 0 spiro atoms. The fourth-order valence-electron chi connectivity index (χ4n) is 3.46. The number of carbonyl (C=O) groups excluding carboxylic acids is 2. The first-order valence-corrected chi connectivity index (χ1v) is 10.0. The van der Waals surface area contributed by atoms with Gasteiger partial charge in [-0.05, 0) is 43.3 Å². The highest BCUT2D eigenvalue weighted by atomic mass is 16.2. The molecule has 0 radical (unpaired) electrons. The number of rotatable bonds is 4. The molecule has 0 saturated carbocycles. The number of anilines is 2. The molecule has 1 saturated heterocycles. The number of nitrogens with zero attached hydrogens (tertiary/aromatic N) is 3. The van der Waals surface area contributed by atoms with E-state index in [1.54, 1.807) is 6.20 Å². The molecule has 0 unspecified atom stereocenters. The third-order valence-electron chi connectivity index (χ3n) is 5.23. The second kappa shape index (κ2) is 8.78. The maximum absolute atomic E-state index is 12.6. The molecule has 1 N–H and O–H groups in total. The van der Waals surface area contributed by atoms with Crippen LogP contribution in [0.5, 0.6) is 0 Å². The molecule has 152 valence electrons. The summed E-state index contributed by atoms with van der Waals surface area (Å²) in [6.45, 7) is 4.74. The van der Waals surface area contributed by atoms with Gasteiger partial charge in [-0.3, -0.25) is 9.59 Å². The van der Waals surface area contributed by atoms with E-state index in [0.29, 0.717) is 24.3 Å². The summed E-state index contributed by atoms with van der Waals surface area (Å²) in [5, 5.41) is 2.88. The number of carbonyl (C=O) groups is 2. The quantitative estimate of drug-likeness (QED) is 0.727. The van der Waals surface area contributed by atoms with Crippen molar-refractivity contribution >= 4 is 23.3 Å². The molecule has 1 aromatic heterocycles. The number of hydrogen-bond acceptors (Lipinski definition) is 4. The van der Waals surface area contributed by atoms with Crippen molar-refractivity contribution in [1.29, 1.82) is 0 Å². The SMILES string of the molecule is Cc1ccc(C(=O)Nc2ccc(N3CCN(C(=O)c4ccccc4)CC3)nc2)cc1. The molecular formula is C24H24N4O2. The van der Waals surface area contributed by atoms with E-state index in [1.807, 2.05) is 78.6 Å². The van der Waals surface area contributed by atoms with Crippen molar-refractivity contribution in [2.45, 2.75) is 6.92 Å². The van der Waals surface area contributed by atoms with Gasteiger partial charge in [0.1, 0.15) is 5.82 Å². The molecular weight excluding hydrogens is 376 g/mol. The number of aromatic nitrogens is 1. The van der Waals surface area contributed by atoms with Crippen LogP contribution in [0.25, 0.3) is 0 Å². The summed E-state index contributed by atoms with van der Waals surface area (Å²) in [5.41, 5.74) is 3.10. The molecule has 2 heterocycles. The second-order valence-corrected chi connectivity index (χ2v) is 7.37. The number of amides is 2. The molecule has 1 aliphatic rings. The van der Waals surface area contributed by atoms with Crippen molar-refractivity contribution in [2.24, 2.45) is 0 Å². The van der Waals surface area contributed by atoms with Gasteiger partial charge in [0.25, 0.3) is 11.8 Å². The third kappa shape index (κ3) is 4.49. The number of benzene rings is 2. The van der Waals surface area contributed by atoms with Gasteiger partial charge >= 0.3 is 0 Å². The first-order valence-electron chi connectivity index (χ1n) is 10.0. The molecule has 2 aromatic carbocycles. The van der Waals surface area contributed by atoms with Gasteiger partial charge in [0.05, 0.1) is 11.9 Å². The zero-order valence-corrected chi connectivity index (χ0v) is 16.9. The first-order chi connectivity index (χ1) is 14.6. The number of aryl methyl sites for hydroxylation is 1. The highest BCUT2D eigenvalue weighted by Gasteiger charge is 2.22. The Balaban J connectivity index is 1.33. The first kappa shape index (κ1) is 19.6. The van der Waals surface area contributed by atoms with Crippen molar-refractivity contribution < 1.29 is 9.59 Å². The summed E-state index contributed by atoms with van der Waals surface area (Å²) in [7, 11) is 0. The second-order valence-electron chi connectivity index (χ2n) is 7.37. The zero-order chi connectivity index (χ0) is 20.9.